The van der Waals surface area contributed by atoms with Gasteiger partial charge in [0.15, 0.2) is 11.9 Å². The number of Topliss-reactive ketones (excluding diaryl/α,β-unsaturated/α-hetero) is 2. The largest absolute Gasteiger partial charge is 0.450 e. The highest BCUT2D eigenvalue weighted by molar-refractivity contribution is 6.03. The smallest absolute Gasteiger partial charge is 0.355 e. The first-order valence-electron chi connectivity index (χ1n) is 7.73. The maximum Gasteiger partial charge on any atom is 0.355 e. The molecule has 0 spiro atoms. The molecule has 5 nitrogen and oxygen atoms in total. The minimum Gasteiger partial charge on any atom is -0.450 e. The molecule has 1 aromatic carbocycles. The highest BCUT2D eigenvalue weighted by Gasteiger charge is 2.23. The van der Waals surface area contributed by atoms with E-state index in [-0.39, 0.29) is 17.3 Å². The van der Waals surface area contributed by atoms with Crippen LogP contribution in [0.5, 0.6) is 0 Å². The van der Waals surface area contributed by atoms with Gasteiger partial charge in [-0.1, -0.05) is 6.07 Å². The number of ketones is 2. The lowest BCUT2D eigenvalue weighted by Crippen LogP contribution is -2.25. The second-order valence-corrected chi connectivity index (χ2v) is 6.02. The van der Waals surface area contributed by atoms with Crippen molar-refractivity contribution in [3.05, 3.63) is 57.9 Å². The lowest BCUT2D eigenvalue weighted by molar-refractivity contribution is 0.0313. The molecule has 126 valence electrons. The van der Waals surface area contributed by atoms with Gasteiger partial charge in [0.25, 0.3) is 0 Å². The molecule has 0 fully saturated rings. The zero-order valence-electron chi connectivity index (χ0n) is 14.5. The normalized spacial score (nSPS) is 11.9. The number of ether oxygens (including phenoxy) is 1. The van der Waals surface area contributed by atoms with E-state index in [1.165, 1.54) is 19.2 Å². The van der Waals surface area contributed by atoms with Gasteiger partial charge in [-0.3, -0.25) is 9.59 Å². The summed E-state index contributed by atoms with van der Waals surface area (Å²) in [6, 6.07) is 5.18. The Morgan fingerprint density at radius 3 is 2.21 bits per heavy atom. The number of carbonyl (C=O) groups excluding carboxylic acids is 3. The van der Waals surface area contributed by atoms with Crippen molar-refractivity contribution in [3.8, 4) is 0 Å². The van der Waals surface area contributed by atoms with E-state index < -0.39 is 12.1 Å². The van der Waals surface area contributed by atoms with Crippen LogP contribution in [0.1, 0.15) is 61.7 Å². The summed E-state index contributed by atoms with van der Waals surface area (Å²) in [6.07, 6.45) is 0.529. The van der Waals surface area contributed by atoms with Crippen LogP contribution in [-0.4, -0.2) is 28.6 Å². The molecule has 0 saturated heterocycles. The summed E-state index contributed by atoms with van der Waals surface area (Å²) in [4.78, 5) is 38.6. The van der Waals surface area contributed by atoms with E-state index in [1.54, 1.807) is 6.92 Å². The number of benzene rings is 1. The van der Waals surface area contributed by atoms with E-state index in [9.17, 15) is 14.4 Å². The minimum absolute atomic E-state index is 0.150. The summed E-state index contributed by atoms with van der Waals surface area (Å²) in [5, 5.41) is 0. The van der Waals surface area contributed by atoms with Gasteiger partial charge < -0.3 is 9.72 Å². The van der Waals surface area contributed by atoms with Crippen LogP contribution in [0, 0.1) is 20.8 Å². The average Bonchev–Trinajstić information content (AvgIpc) is 3.00. The van der Waals surface area contributed by atoms with Crippen molar-refractivity contribution in [2.24, 2.45) is 0 Å². The standard InChI is InChI=1S/C19H21NO4/c1-10-6-12(3)16(7-11(10)2)18(22)14(5)24-19(23)17-8-15(9-20-17)13(4)21/h6-9,14,20H,1-5H3/t14-/m1/s1. The highest BCUT2D eigenvalue weighted by atomic mass is 16.5. The number of esters is 1. The van der Waals surface area contributed by atoms with Gasteiger partial charge >= 0.3 is 5.97 Å². The van der Waals surface area contributed by atoms with Crippen molar-refractivity contribution in [2.75, 3.05) is 0 Å². The molecule has 0 aliphatic carbocycles. The first kappa shape index (κ1) is 17.7. The third-order valence-electron chi connectivity index (χ3n) is 4.07. The molecule has 24 heavy (non-hydrogen) atoms. The summed E-state index contributed by atoms with van der Waals surface area (Å²) in [7, 11) is 0. The lowest BCUT2D eigenvalue weighted by atomic mass is 9.96. The molecule has 0 amide bonds. The molecule has 2 aromatic rings. The van der Waals surface area contributed by atoms with Gasteiger partial charge in [0.1, 0.15) is 5.69 Å². The third-order valence-corrected chi connectivity index (χ3v) is 4.07. The Hall–Kier alpha value is -2.69. The zero-order valence-corrected chi connectivity index (χ0v) is 14.5. The highest BCUT2D eigenvalue weighted by Crippen LogP contribution is 2.18. The molecule has 1 aromatic heterocycles. The Kier molecular flexibility index (Phi) is 5.02. The molecule has 0 bridgehead atoms. The summed E-state index contributed by atoms with van der Waals surface area (Å²) in [5.74, 6) is -1.06. The maximum atomic E-state index is 12.6. The first-order valence-corrected chi connectivity index (χ1v) is 7.73. The lowest BCUT2D eigenvalue weighted by Gasteiger charge is -2.14. The van der Waals surface area contributed by atoms with Crippen molar-refractivity contribution in [1.29, 1.82) is 0 Å². The Morgan fingerprint density at radius 1 is 1.00 bits per heavy atom. The van der Waals surface area contributed by atoms with E-state index >= 15 is 0 Å². The van der Waals surface area contributed by atoms with Gasteiger partial charge in [-0.05, 0) is 63.4 Å². The summed E-state index contributed by atoms with van der Waals surface area (Å²) >= 11 is 0. The zero-order chi connectivity index (χ0) is 18.0. The summed E-state index contributed by atoms with van der Waals surface area (Å²) in [6.45, 7) is 8.73. The Morgan fingerprint density at radius 2 is 1.62 bits per heavy atom. The molecule has 1 heterocycles. The van der Waals surface area contributed by atoms with E-state index in [1.807, 2.05) is 32.9 Å². The van der Waals surface area contributed by atoms with Gasteiger partial charge in [0, 0.05) is 17.3 Å². The molecule has 1 atom stereocenters. The minimum atomic E-state index is -0.914. The van der Waals surface area contributed by atoms with E-state index in [4.69, 9.17) is 4.74 Å². The van der Waals surface area contributed by atoms with E-state index in [0.29, 0.717) is 11.1 Å². The number of H-pyrrole nitrogens is 1. The second-order valence-electron chi connectivity index (χ2n) is 6.02. The van der Waals surface area contributed by atoms with Crippen LogP contribution in [0.3, 0.4) is 0 Å². The monoisotopic (exact) mass is 327 g/mol. The second kappa shape index (κ2) is 6.83. The predicted molar refractivity (Wildman–Crippen MR) is 90.7 cm³/mol. The van der Waals surface area contributed by atoms with Crippen molar-refractivity contribution < 1.29 is 19.1 Å². The summed E-state index contributed by atoms with van der Waals surface area (Å²) < 4.78 is 5.24. The number of carbonyl (C=O) groups is 3. The number of rotatable bonds is 5. The molecule has 0 saturated carbocycles. The van der Waals surface area contributed by atoms with Crippen molar-refractivity contribution in [3.63, 3.8) is 0 Å². The van der Waals surface area contributed by atoms with Crippen molar-refractivity contribution >= 4 is 17.5 Å². The van der Waals surface area contributed by atoms with Crippen LogP contribution in [0.25, 0.3) is 0 Å². The number of aryl methyl sites for hydroxylation is 3. The number of aromatic nitrogens is 1. The van der Waals surface area contributed by atoms with Gasteiger partial charge in [-0.2, -0.15) is 0 Å². The molecule has 0 aliphatic heterocycles. The Balaban J connectivity index is 2.15. The quantitative estimate of drug-likeness (QED) is 0.673. The molecule has 5 heteroatoms. The Bertz CT molecular complexity index is 817. The van der Waals surface area contributed by atoms with Crippen molar-refractivity contribution in [2.45, 2.75) is 40.7 Å². The molecular formula is C19H21NO4. The van der Waals surface area contributed by atoms with Crippen LogP contribution in [0.2, 0.25) is 0 Å². The van der Waals surface area contributed by atoms with Gasteiger partial charge in [-0.15, -0.1) is 0 Å². The van der Waals surface area contributed by atoms with E-state index in [2.05, 4.69) is 4.98 Å². The fraction of sp³-hybridized carbons (Fsp3) is 0.316. The van der Waals surface area contributed by atoms with Gasteiger partial charge in [0.2, 0.25) is 5.78 Å². The fourth-order valence-electron chi connectivity index (χ4n) is 2.44. The predicted octanol–water partition coefficient (Wildman–Crippen LogP) is 3.57. The van der Waals surface area contributed by atoms with Crippen LogP contribution < -0.4 is 0 Å². The van der Waals surface area contributed by atoms with Gasteiger partial charge in [0.05, 0.1) is 0 Å². The molecule has 0 unspecified atom stereocenters. The molecule has 2 rings (SSSR count). The Labute approximate surface area is 141 Å². The van der Waals surface area contributed by atoms with Crippen LogP contribution >= 0.6 is 0 Å². The molecule has 1 N–H and O–H groups in total. The van der Waals surface area contributed by atoms with Gasteiger partial charge in [-0.25, -0.2) is 4.79 Å². The van der Waals surface area contributed by atoms with Crippen molar-refractivity contribution in [1.82, 2.24) is 4.98 Å². The fourth-order valence-corrected chi connectivity index (χ4v) is 2.44. The number of nitrogens with one attached hydrogen (secondary N) is 1. The molecule has 0 aliphatic rings. The van der Waals surface area contributed by atoms with Crippen LogP contribution in [0.15, 0.2) is 24.4 Å². The average molecular weight is 327 g/mol. The topological polar surface area (TPSA) is 76.2 Å². The SMILES string of the molecule is CC(=O)c1c[nH]c(C(=O)O[C@H](C)C(=O)c2cc(C)c(C)cc2C)c1. The van der Waals surface area contributed by atoms with E-state index in [0.717, 1.165) is 16.7 Å². The number of aromatic amines is 1. The number of hydrogen-bond acceptors (Lipinski definition) is 4. The molecule has 0 radical (unpaired) electrons. The number of hydrogen-bond donors (Lipinski definition) is 1. The maximum absolute atomic E-state index is 12.6. The first-order chi connectivity index (χ1) is 11.2. The van der Waals surface area contributed by atoms with Crippen LogP contribution in [0.4, 0.5) is 0 Å². The summed E-state index contributed by atoms with van der Waals surface area (Å²) in [5.41, 5.74) is 4.07. The van der Waals surface area contributed by atoms with Crippen LogP contribution in [-0.2, 0) is 4.74 Å². The third kappa shape index (κ3) is 3.62. The molecular weight excluding hydrogens is 306 g/mol.